The number of rotatable bonds is 2. The average molecular weight is 331 g/mol. The summed E-state index contributed by atoms with van der Waals surface area (Å²) < 4.78 is 0.699. The minimum atomic E-state index is -0.321. The molecule has 98 valence electrons. The van der Waals surface area contributed by atoms with Gasteiger partial charge in [0.15, 0.2) is 0 Å². The highest BCUT2D eigenvalue weighted by atomic mass is 35.5. The number of aromatic amines is 1. The average Bonchev–Trinajstić information content (AvgIpc) is 2.94. The van der Waals surface area contributed by atoms with Gasteiger partial charge in [-0.25, -0.2) is 4.98 Å². The van der Waals surface area contributed by atoms with Gasteiger partial charge in [-0.1, -0.05) is 11.6 Å². The molecule has 7 heteroatoms. The quantitative estimate of drug-likeness (QED) is 0.694. The third-order valence-electron chi connectivity index (χ3n) is 2.72. The Balaban J connectivity index is 2.27. The lowest BCUT2D eigenvalue weighted by Crippen LogP contribution is -2.11. The number of aromatic nitrogens is 2. The van der Waals surface area contributed by atoms with Gasteiger partial charge < -0.3 is 4.98 Å². The Hall–Kier alpha value is -0.880. The van der Waals surface area contributed by atoms with E-state index in [4.69, 9.17) is 23.2 Å². The molecule has 0 bridgehead atoms. The first-order valence-corrected chi connectivity index (χ1v) is 8.03. The number of hydrogen-bond acceptors (Lipinski definition) is 4. The van der Waals surface area contributed by atoms with Crippen molar-refractivity contribution in [3.63, 3.8) is 0 Å². The van der Waals surface area contributed by atoms with Gasteiger partial charge in [0.05, 0.1) is 15.1 Å². The van der Waals surface area contributed by atoms with E-state index in [9.17, 15) is 4.79 Å². The second-order valence-corrected chi connectivity index (χ2v) is 7.09. The van der Waals surface area contributed by atoms with E-state index in [2.05, 4.69) is 9.97 Å². The topological polar surface area (TPSA) is 45.8 Å². The molecule has 3 rings (SSSR count). The predicted molar refractivity (Wildman–Crippen MR) is 82.8 cm³/mol. The number of fused-ring (bicyclic) bond motifs is 1. The second kappa shape index (κ2) is 4.90. The van der Waals surface area contributed by atoms with Crippen molar-refractivity contribution in [1.29, 1.82) is 0 Å². The van der Waals surface area contributed by atoms with Crippen molar-refractivity contribution in [3.8, 4) is 11.1 Å². The number of alkyl halides is 1. The zero-order chi connectivity index (χ0) is 13.6. The summed E-state index contributed by atoms with van der Waals surface area (Å²) in [7, 11) is 0. The molecule has 0 aliphatic rings. The number of halogens is 2. The van der Waals surface area contributed by atoms with Gasteiger partial charge in [0.25, 0.3) is 5.56 Å². The molecular weight excluding hydrogens is 323 g/mol. The molecule has 19 heavy (non-hydrogen) atoms. The summed E-state index contributed by atoms with van der Waals surface area (Å²) in [5, 5.41) is 4.13. The minimum absolute atomic E-state index is 0.161. The van der Waals surface area contributed by atoms with Crippen LogP contribution in [0.5, 0.6) is 0 Å². The Morgan fingerprint density at radius 1 is 1.37 bits per heavy atom. The highest BCUT2D eigenvalue weighted by Crippen LogP contribution is 2.35. The van der Waals surface area contributed by atoms with E-state index < -0.39 is 0 Å². The van der Waals surface area contributed by atoms with Gasteiger partial charge in [0.1, 0.15) is 10.7 Å². The smallest absolute Gasteiger partial charge is 0.260 e. The maximum atomic E-state index is 12.2. The molecule has 3 aromatic rings. The Kier molecular flexibility index (Phi) is 3.39. The summed E-state index contributed by atoms with van der Waals surface area (Å²) in [4.78, 5) is 20.0. The normalized spacial score (nSPS) is 13.0. The van der Waals surface area contributed by atoms with Crippen LogP contribution in [0.25, 0.3) is 21.3 Å². The molecule has 1 N–H and O–H groups in total. The molecule has 1 unspecified atom stereocenters. The molecule has 3 heterocycles. The van der Waals surface area contributed by atoms with Crippen LogP contribution in [0.1, 0.15) is 18.1 Å². The van der Waals surface area contributed by atoms with Crippen LogP contribution >= 0.6 is 45.9 Å². The summed E-state index contributed by atoms with van der Waals surface area (Å²) in [6, 6.07) is 1.85. The largest absolute Gasteiger partial charge is 0.309 e. The highest BCUT2D eigenvalue weighted by molar-refractivity contribution is 7.17. The molecule has 0 fully saturated rings. The van der Waals surface area contributed by atoms with Crippen LogP contribution in [-0.4, -0.2) is 9.97 Å². The maximum absolute atomic E-state index is 12.2. The number of thiophene rings is 2. The molecule has 0 aliphatic heterocycles. The fourth-order valence-corrected chi connectivity index (χ4v) is 3.76. The van der Waals surface area contributed by atoms with Gasteiger partial charge in [-0.2, -0.15) is 0 Å². The van der Waals surface area contributed by atoms with Gasteiger partial charge in [-0.3, -0.25) is 4.79 Å². The molecular formula is C12H8Cl2N2OS2. The van der Waals surface area contributed by atoms with Crippen molar-refractivity contribution < 1.29 is 0 Å². The lowest BCUT2D eigenvalue weighted by atomic mass is 10.1. The van der Waals surface area contributed by atoms with Crippen LogP contribution in [0.2, 0.25) is 4.34 Å². The Bertz CT molecular complexity index is 804. The van der Waals surface area contributed by atoms with E-state index in [1.165, 1.54) is 22.7 Å². The van der Waals surface area contributed by atoms with Gasteiger partial charge in [0, 0.05) is 16.3 Å². The Labute approximate surface area is 126 Å². The summed E-state index contributed by atoms with van der Waals surface area (Å²) in [5.41, 5.74) is 1.65. The molecule has 0 aromatic carbocycles. The molecule has 3 nitrogen and oxygen atoms in total. The van der Waals surface area contributed by atoms with Crippen molar-refractivity contribution in [2.24, 2.45) is 0 Å². The van der Waals surface area contributed by atoms with E-state index >= 15 is 0 Å². The zero-order valence-electron chi connectivity index (χ0n) is 9.74. The van der Waals surface area contributed by atoms with Crippen LogP contribution < -0.4 is 5.56 Å². The first kappa shape index (κ1) is 13.1. The Morgan fingerprint density at radius 3 is 2.79 bits per heavy atom. The second-order valence-electron chi connectivity index (χ2n) is 4.04. The van der Waals surface area contributed by atoms with Crippen LogP contribution in [0.4, 0.5) is 0 Å². The van der Waals surface area contributed by atoms with Crippen molar-refractivity contribution >= 4 is 56.1 Å². The SMILES string of the molecule is CC(Cl)c1nc2scc(-c3csc(Cl)c3)c2c(=O)[nH]1. The molecule has 0 spiro atoms. The van der Waals surface area contributed by atoms with Crippen LogP contribution in [0.15, 0.2) is 21.6 Å². The summed E-state index contributed by atoms with van der Waals surface area (Å²) in [6.07, 6.45) is 0. The maximum Gasteiger partial charge on any atom is 0.260 e. The van der Waals surface area contributed by atoms with Crippen LogP contribution in [0, 0.1) is 0 Å². The Morgan fingerprint density at radius 2 is 2.16 bits per heavy atom. The minimum Gasteiger partial charge on any atom is -0.309 e. The first-order chi connectivity index (χ1) is 9.06. The van der Waals surface area contributed by atoms with Crippen molar-refractivity contribution in [3.05, 3.63) is 37.3 Å². The van der Waals surface area contributed by atoms with E-state index in [1.807, 2.05) is 16.8 Å². The molecule has 0 radical (unpaired) electrons. The molecule has 0 aliphatic carbocycles. The number of hydrogen-bond donors (Lipinski definition) is 1. The zero-order valence-corrected chi connectivity index (χ0v) is 12.9. The van der Waals surface area contributed by atoms with E-state index in [0.29, 0.717) is 20.4 Å². The third-order valence-corrected chi connectivity index (χ3v) is 4.89. The summed E-state index contributed by atoms with van der Waals surface area (Å²) >= 11 is 14.8. The fraction of sp³-hybridized carbons (Fsp3) is 0.167. The molecule has 0 saturated carbocycles. The molecule has 0 amide bonds. The van der Waals surface area contributed by atoms with Crippen LogP contribution in [0.3, 0.4) is 0 Å². The number of nitrogens with one attached hydrogen (secondary N) is 1. The third kappa shape index (κ3) is 2.31. The van der Waals surface area contributed by atoms with Gasteiger partial charge >= 0.3 is 0 Å². The van der Waals surface area contributed by atoms with Gasteiger partial charge in [0.2, 0.25) is 0 Å². The lowest BCUT2D eigenvalue weighted by molar-refractivity contribution is 0.917. The van der Waals surface area contributed by atoms with E-state index in [0.717, 1.165) is 11.1 Å². The fourth-order valence-electron chi connectivity index (χ4n) is 1.82. The summed E-state index contributed by atoms with van der Waals surface area (Å²) in [5.74, 6) is 0.496. The predicted octanol–water partition coefficient (Wildman–Crippen LogP) is 4.67. The highest BCUT2D eigenvalue weighted by Gasteiger charge is 2.15. The number of H-pyrrole nitrogens is 1. The monoisotopic (exact) mass is 330 g/mol. The molecule has 0 saturated heterocycles. The van der Waals surface area contributed by atoms with Crippen molar-refractivity contribution in [2.45, 2.75) is 12.3 Å². The standard InChI is InChI=1S/C12H8Cl2N2OS2/c1-5(13)10-15-11(17)9-7(4-19-12(9)16-10)6-2-8(14)18-3-6/h2-5H,1H3,(H,15,16,17). The van der Waals surface area contributed by atoms with Crippen molar-refractivity contribution in [2.75, 3.05) is 0 Å². The van der Waals surface area contributed by atoms with Gasteiger partial charge in [-0.05, 0) is 18.6 Å². The van der Waals surface area contributed by atoms with Crippen LogP contribution in [-0.2, 0) is 0 Å². The van der Waals surface area contributed by atoms with E-state index in [-0.39, 0.29) is 10.9 Å². The van der Waals surface area contributed by atoms with Gasteiger partial charge in [-0.15, -0.1) is 34.3 Å². The van der Waals surface area contributed by atoms with E-state index in [1.54, 1.807) is 6.92 Å². The molecule has 3 aromatic heterocycles. The molecule has 1 atom stereocenters. The number of nitrogens with zero attached hydrogens (tertiary/aromatic N) is 1. The van der Waals surface area contributed by atoms with Crippen molar-refractivity contribution in [1.82, 2.24) is 9.97 Å². The summed E-state index contributed by atoms with van der Waals surface area (Å²) in [6.45, 7) is 1.78. The lowest BCUT2D eigenvalue weighted by Gasteiger charge is -2.02. The first-order valence-electron chi connectivity index (χ1n) is 5.46.